The molecule has 6 nitrogen and oxygen atoms in total. The second kappa shape index (κ2) is 5.96. The molecule has 1 atom stereocenters. The monoisotopic (exact) mass is 378 g/mol. The first-order valence-corrected chi connectivity index (χ1v) is 9.55. The van der Waals surface area contributed by atoms with Gasteiger partial charge in [-0.05, 0) is 12.8 Å². The number of alkyl halides is 3. The molecule has 1 aliphatic rings. The number of allylic oxidation sites excluding steroid dienone is 1. The van der Waals surface area contributed by atoms with Crippen molar-refractivity contribution in [2.75, 3.05) is 5.75 Å². The number of aromatic nitrogens is 4. The molecule has 11 heteroatoms. The molecule has 0 fully saturated rings. The average Bonchev–Trinajstić information content (AvgIpc) is 3.09. The third-order valence-electron chi connectivity index (χ3n) is 3.37. The minimum Gasteiger partial charge on any atom is -0.240 e. The standard InChI is InChI=1S/C13H13F3N4O2S2/c1-8-17-10(5-23-8)12-18-11(20(19-12)7-13(14,15)16)4-9-2-3-24(21,22)6-9/h2-3,5,9H,4,6-7H2,1H3/t9-/m0/s1. The zero-order valence-corrected chi connectivity index (χ0v) is 14.1. The maximum atomic E-state index is 12.8. The number of sulfone groups is 1. The summed E-state index contributed by atoms with van der Waals surface area (Å²) in [7, 11) is -3.28. The van der Waals surface area contributed by atoms with Crippen LogP contribution in [0.5, 0.6) is 0 Å². The fourth-order valence-corrected chi connectivity index (χ4v) is 4.39. The maximum absolute atomic E-state index is 12.8. The van der Waals surface area contributed by atoms with Crippen molar-refractivity contribution >= 4 is 21.2 Å². The summed E-state index contributed by atoms with van der Waals surface area (Å²) >= 11 is 1.35. The molecule has 1 aliphatic heterocycles. The van der Waals surface area contributed by atoms with E-state index in [9.17, 15) is 21.6 Å². The van der Waals surface area contributed by atoms with Gasteiger partial charge in [0.2, 0.25) is 5.82 Å². The molecule has 3 rings (SSSR count). The third kappa shape index (κ3) is 4.01. The lowest BCUT2D eigenvalue weighted by Gasteiger charge is -2.10. The summed E-state index contributed by atoms with van der Waals surface area (Å²) < 4.78 is 62.0. The van der Waals surface area contributed by atoms with Gasteiger partial charge in [0.1, 0.15) is 18.1 Å². The van der Waals surface area contributed by atoms with Crippen LogP contribution in [0.25, 0.3) is 11.5 Å². The summed E-state index contributed by atoms with van der Waals surface area (Å²) in [5.41, 5.74) is 0.411. The summed E-state index contributed by atoms with van der Waals surface area (Å²) in [6.07, 6.45) is -2.90. The number of nitrogens with zero attached hydrogens (tertiary/aromatic N) is 4. The van der Waals surface area contributed by atoms with Crippen molar-refractivity contribution in [2.24, 2.45) is 5.92 Å². The molecular weight excluding hydrogens is 365 g/mol. The Morgan fingerprint density at radius 1 is 1.38 bits per heavy atom. The van der Waals surface area contributed by atoms with Gasteiger partial charge in [-0.25, -0.2) is 23.1 Å². The molecule has 0 saturated carbocycles. The first-order valence-electron chi connectivity index (χ1n) is 6.95. The first-order chi connectivity index (χ1) is 11.1. The number of hydrogen-bond acceptors (Lipinski definition) is 6. The summed E-state index contributed by atoms with van der Waals surface area (Å²) in [5, 5.41) is 7.43. The highest BCUT2D eigenvalue weighted by atomic mass is 32.2. The minimum absolute atomic E-state index is 0.0714. The lowest BCUT2D eigenvalue weighted by molar-refractivity contribution is -0.143. The van der Waals surface area contributed by atoms with Gasteiger partial charge in [0.15, 0.2) is 9.84 Å². The van der Waals surface area contributed by atoms with Crippen LogP contribution in [0, 0.1) is 12.8 Å². The quantitative estimate of drug-likeness (QED) is 0.816. The van der Waals surface area contributed by atoms with Gasteiger partial charge in [-0.15, -0.1) is 16.4 Å². The van der Waals surface area contributed by atoms with E-state index in [4.69, 9.17) is 0 Å². The molecule has 0 saturated heterocycles. The molecular formula is C13H13F3N4O2S2. The zero-order chi connectivity index (χ0) is 17.5. The van der Waals surface area contributed by atoms with Crippen LogP contribution in [-0.2, 0) is 22.8 Å². The van der Waals surface area contributed by atoms with Crippen molar-refractivity contribution in [1.29, 1.82) is 0 Å². The number of aryl methyl sites for hydroxylation is 1. The van der Waals surface area contributed by atoms with Crippen molar-refractivity contribution < 1.29 is 21.6 Å². The minimum atomic E-state index is -4.45. The zero-order valence-electron chi connectivity index (χ0n) is 12.5. The molecule has 0 bridgehead atoms. The third-order valence-corrected chi connectivity index (χ3v) is 5.61. The van der Waals surface area contributed by atoms with Crippen LogP contribution in [0.1, 0.15) is 10.8 Å². The van der Waals surface area contributed by atoms with Gasteiger partial charge in [-0.3, -0.25) is 0 Å². The summed E-state index contributed by atoms with van der Waals surface area (Å²) in [4.78, 5) is 8.33. The summed E-state index contributed by atoms with van der Waals surface area (Å²) in [5.74, 6) is -0.323. The highest BCUT2D eigenvalue weighted by molar-refractivity contribution is 7.94. The maximum Gasteiger partial charge on any atom is 0.408 e. The van der Waals surface area contributed by atoms with Gasteiger partial charge in [-0.1, -0.05) is 6.08 Å². The number of halogens is 3. The Hall–Kier alpha value is -1.75. The summed E-state index contributed by atoms with van der Waals surface area (Å²) in [6.45, 7) is 0.498. The highest BCUT2D eigenvalue weighted by Crippen LogP contribution is 2.25. The van der Waals surface area contributed by atoms with E-state index < -0.39 is 28.5 Å². The van der Waals surface area contributed by atoms with Crippen molar-refractivity contribution in [3.8, 4) is 11.5 Å². The number of rotatable bonds is 4. The molecule has 0 radical (unpaired) electrons. The molecule has 0 aromatic carbocycles. The topological polar surface area (TPSA) is 77.7 Å². The molecule has 0 aliphatic carbocycles. The fourth-order valence-electron chi connectivity index (χ4n) is 2.40. The van der Waals surface area contributed by atoms with E-state index in [0.717, 1.165) is 15.1 Å². The van der Waals surface area contributed by atoms with Gasteiger partial charge in [-0.2, -0.15) is 13.2 Å². The highest BCUT2D eigenvalue weighted by Gasteiger charge is 2.32. The van der Waals surface area contributed by atoms with Crippen LogP contribution < -0.4 is 0 Å². The van der Waals surface area contributed by atoms with Crippen LogP contribution in [0.2, 0.25) is 0 Å². The molecule has 2 aromatic rings. The van der Waals surface area contributed by atoms with E-state index in [0.29, 0.717) is 5.69 Å². The Kier molecular flexibility index (Phi) is 4.24. The molecule has 3 heterocycles. The molecule has 2 aromatic heterocycles. The lowest BCUT2D eigenvalue weighted by atomic mass is 10.1. The van der Waals surface area contributed by atoms with Crippen LogP contribution >= 0.6 is 11.3 Å². The molecule has 0 N–H and O–H groups in total. The molecule has 0 unspecified atom stereocenters. The van der Waals surface area contributed by atoms with E-state index in [-0.39, 0.29) is 23.8 Å². The fraction of sp³-hybridized carbons (Fsp3) is 0.462. The predicted molar refractivity (Wildman–Crippen MR) is 82.0 cm³/mol. The Morgan fingerprint density at radius 2 is 2.12 bits per heavy atom. The SMILES string of the molecule is Cc1nc(-c2nc(C[C@@H]3C=CS(=O)(=O)C3)n(CC(F)(F)F)n2)cs1. The Bertz CT molecular complexity index is 883. The second-order valence-corrected chi connectivity index (χ2v) is 8.49. The van der Waals surface area contributed by atoms with Crippen molar-refractivity contribution in [1.82, 2.24) is 19.7 Å². The van der Waals surface area contributed by atoms with Gasteiger partial charge in [0.05, 0.1) is 10.8 Å². The van der Waals surface area contributed by atoms with Gasteiger partial charge in [0.25, 0.3) is 0 Å². The van der Waals surface area contributed by atoms with E-state index in [1.807, 2.05) is 0 Å². The van der Waals surface area contributed by atoms with Crippen molar-refractivity contribution in [3.63, 3.8) is 0 Å². The van der Waals surface area contributed by atoms with Crippen LogP contribution in [-0.4, -0.2) is 40.1 Å². The largest absolute Gasteiger partial charge is 0.408 e. The van der Waals surface area contributed by atoms with Crippen LogP contribution in [0.15, 0.2) is 16.9 Å². The molecule has 24 heavy (non-hydrogen) atoms. The predicted octanol–water partition coefficient (Wildman–Crippen LogP) is 2.37. The van der Waals surface area contributed by atoms with Gasteiger partial charge < -0.3 is 0 Å². The number of hydrogen-bond donors (Lipinski definition) is 0. The number of thiazole rings is 1. The van der Waals surface area contributed by atoms with Crippen LogP contribution in [0.3, 0.4) is 0 Å². The Labute approximate surface area is 140 Å². The van der Waals surface area contributed by atoms with E-state index in [1.165, 1.54) is 17.4 Å². The van der Waals surface area contributed by atoms with E-state index in [1.54, 1.807) is 12.3 Å². The normalized spacial score (nSPS) is 19.9. The van der Waals surface area contributed by atoms with E-state index in [2.05, 4.69) is 15.1 Å². The lowest BCUT2D eigenvalue weighted by Crippen LogP contribution is -2.22. The van der Waals surface area contributed by atoms with Crippen molar-refractivity contribution in [3.05, 3.63) is 27.7 Å². The first kappa shape index (κ1) is 17.1. The summed E-state index contributed by atoms with van der Waals surface area (Å²) in [6, 6.07) is 0. The molecule has 0 spiro atoms. The smallest absolute Gasteiger partial charge is 0.240 e. The van der Waals surface area contributed by atoms with E-state index >= 15 is 0 Å². The van der Waals surface area contributed by atoms with Gasteiger partial charge >= 0.3 is 6.18 Å². The van der Waals surface area contributed by atoms with Crippen LogP contribution in [0.4, 0.5) is 13.2 Å². The van der Waals surface area contributed by atoms with Crippen molar-refractivity contribution in [2.45, 2.75) is 26.1 Å². The Balaban J connectivity index is 1.91. The van der Waals surface area contributed by atoms with Gasteiger partial charge in [0, 0.05) is 17.2 Å². The Morgan fingerprint density at radius 3 is 2.67 bits per heavy atom. The molecule has 130 valence electrons. The molecule has 0 amide bonds. The average molecular weight is 378 g/mol. The second-order valence-electron chi connectivity index (χ2n) is 5.50.